The fraction of sp³-hybridized carbons (Fsp3) is 0.238. The first-order valence-corrected chi connectivity index (χ1v) is 10.8. The molecule has 2 aromatic rings. The molecule has 1 amide bonds. The molecule has 1 saturated heterocycles. The van der Waals surface area contributed by atoms with E-state index in [4.69, 9.17) is 44.9 Å². The lowest BCUT2D eigenvalue weighted by atomic mass is 10.1. The molecule has 0 aliphatic carbocycles. The zero-order valence-corrected chi connectivity index (χ0v) is 19.3. The molecule has 1 aliphatic heterocycles. The lowest BCUT2D eigenvalue weighted by Crippen LogP contribution is -2.22. The van der Waals surface area contributed by atoms with E-state index in [1.54, 1.807) is 25.3 Å². The standard InChI is InChI=1S/C21H19Cl2NO3S2/c1-12-5-4-6-13(2)18(12)26-7-8-27-19-14(9-15(22)11-16(19)23)10-17-20(25)24(3)21(28)29-17/h4-6,9-11H,7-8H2,1-3H3/b17-10+. The van der Waals surface area contributed by atoms with Gasteiger partial charge in [0.15, 0.2) is 0 Å². The van der Waals surface area contributed by atoms with Crippen LogP contribution >= 0.6 is 47.2 Å². The van der Waals surface area contributed by atoms with Gasteiger partial charge in [-0.3, -0.25) is 9.69 Å². The van der Waals surface area contributed by atoms with E-state index in [2.05, 4.69) is 0 Å². The molecule has 2 aromatic carbocycles. The quantitative estimate of drug-likeness (QED) is 0.300. The highest BCUT2D eigenvalue weighted by Crippen LogP contribution is 2.37. The summed E-state index contributed by atoms with van der Waals surface area (Å²) in [6, 6.07) is 9.31. The summed E-state index contributed by atoms with van der Waals surface area (Å²) < 4.78 is 12.3. The van der Waals surface area contributed by atoms with Crippen molar-refractivity contribution in [1.29, 1.82) is 0 Å². The number of rotatable bonds is 6. The molecule has 0 aromatic heterocycles. The van der Waals surface area contributed by atoms with Crippen LogP contribution in [0.25, 0.3) is 6.08 Å². The molecule has 0 atom stereocenters. The Morgan fingerprint density at radius 2 is 1.72 bits per heavy atom. The van der Waals surface area contributed by atoms with E-state index in [-0.39, 0.29) is 12.5 Å². The van der Waals surface area contributed by atoms with Crippen LogP contribution in [0.4, 0.5) is 0 Å². The van der Waals surface area contributed by atoms with Gasteiger partial charge in [0, 0.05) is 17.6 Å². The minimum atomic E-state index is -0.166. The Balaban J connectivity index is 1.76. The van der Waals surface area contributed by atoms with Crippen LogP contribution in [0.15, 0.2) is 35.2 Å². The van der Waals surface area contributed by atoms with Gasteiger partial charge in [0.05, 0.1) is 9.93 Å². The molecule has 8 heteroatoms. The van der Waals surface area contributed by atoms with Crippen LogP contribution in [0.3, 0.4) is 0 Å². The molecular weight excluding hydrogens is 449 g/mol. The first-order chi connectivity index (χ1) is 13.8. The van der Waals surface area contributed by atoms with Crippen molar-refractivity contribution in [1.82, 2.24) is 4.90 Å². The summed E-state index contributed by atoms with van der Waals surface area (Å²) in [4.78, 5) is 14.2. The average molecular weight is 468 g/mol. The molecule has 3 rings (SSSR count). The molecule has 0 N–H and O–H groups in total. The minimum Gasteiger partial charge on any atom is -0.489 e. The first-order valence-electron chi connectivity index (χ1n) is 8.80. The average Bonchev–Trinajstić information content (AvgIpc) is 2.89. The number of hydrogen-bond donors (Lipinski definition) is 0. The third-order valence-electron chi connectivity index (χ3n) is 4.30. The normalized spacial score (nSPS) is 15.3. The fourth-order valence-electron chi connectivity index (χ4n) is 2.84. The Bertz CT molecular complexity index is 987. The molecule has 1 fully saturated rings. The number of ether oxygens (including phenoxy) is 2. The van der Waals surface area contributed by atoms with Crippen LogP contribution in [-0.2, 0) is 4.79 Å². The van der Waals surface area contributed by atoms with Gasteiger partial charge in [-0.05, 0) is 43.2 Å². The van der Waals surface area contributed by atoms with Crippen molar-refractivity contribution < 1.29 is 14.3 Å². The number of carbonyl (C=O) groups is 1. The van der Waals surface area contributed by atoms with Crippen LogP contribution in [0, 0.1) is 13.8 Å². The molecule has 1 aliphatic rings. The third-order valence-corrected chi connectivity index (χ3v) is 6.28. The highest BCUT2D eigenvalue weighted by Gasteiger charge is 2.29. The Hall–Kier alpha value is -1.73. The van der Waals surface area contributed by atoms with Gasteiger partial charge in [0.2, 0.25) is 0 Å². The molecule has 1 heterocycles. The van der Waals surface area contributed by atoms with Gasteiger partial charge in [0.1, 0.15) is 29.0 Å². The van der Waals surface area contributed by atoms with Crippen molar-refractivity contribution in [2.45, 2.75) is 13.8 Å². The van der Waals surface area contributed by atoms with Crippen LogP contribution in [0.5, 0.6) is 11.5 Å². The second kappa shape index (κ2) is 9.39. The summed E-state index contributed by atoms with van der Waals surface area (Å²) >= 11 is 18.9. The van der Waals surface area contributed by atoms with E-state index in [1.807, 2.05) is 32.0 Å². The number of hydrogen-bond acceptors (Lipinski definition) is 5. The van der Waals surface area contributed by atoms with E-state index >= 15 is 0 Å². The summed E-state index contributed by atoms with van der Waals surface area (Å²) in [5, 5.41) is 0.815. The molecule has 0 saturated carbocycles. The zero-order chi connectivity index (χ0) is 21.1. The molecule has 0 radical (unpaired) electrons. The lowest BCUT2D eigenvalue weighted by molar-refractivity contribution is -0.121. The SMILES string of the molecule is Cc1cccc(C)c1OCCOc1c(Cl)cc(Cl)cc1/C=C1/SC(=S)N(C)C1=O. The van der Waals surface area contributed by atoms with E-state index in [0.717, 1.165) is 16.9 Å². The van der Waals surface area contributed by atoms with Crippen molar-refractivity contribution in [3.8, 4) is 11.5 Å². The van der Waals surface area contributed by atoms with Crippen molar-refractivity contribution in [3.05, 3.63) is 62.0 Å². The number of amides is 1. The van der Waals surface area contributed by atoms with Gasteiger partial charge in [-0.15, -0.1) is 0 Å². The third kappa shape index (κ3) is 5.07. The predicted octanol–water partition coefficient (Wildman–Crippen LogP) is 5.90. The first kappa shape index (κ1) is 22.0. The number of likely N-dealkylation sites (N-methyl/N-ethyl adjacent to an activating group) is 1. The number of benzene rings is 2. The second-order valence-electron chi connectivity index (χ2n) is 6.46. The summed E-state index contributed by atoms with van der Waals surface area (Å²) in [6.45, 7) is 4.63. The highest BCUT2D eigenvalue weighted by molar-refractivity contribution is 8.26. The summed E-state index contributed by atoms with van der Waals surface area (Å²) in [7, 11) is 1.64. The maximum atomic E-state index is 12.3. The lowest BCUT2D eigenvalue weighted by Gasteiger charge is -2.15. The second-order valence-corrected chi connectivity index (χ2v) is 8.98. The molecule has 29 heavy (non-hydrogen) atoms. The number of halogens is 2. The summed E-state index contributed by atoms with van der Waals surface area (Å²) in [5.74, 6) is 1.13. The van der Waals surface area contributed by atoms with Crippen molar-refractivity contribution >= 4 is 63.5 Å². The molecule has 152 valence electrons. The number of carbonyl (C=O) groups excluding carboxylic acids is 1. The Labute approximate surface area is 189 Å². The van der Waals surface area contributed by atoms with Crippen molar-refractivity contribution in [3.63, 3.8) is 0 Å². The molecule has 0 unspecified atom stereocenters. The number of thiocarbonyl (C=S) groups is 1. The topological polar surface area (TPSA) is 38.8 Å². The van der Waals surface area contributed by atoms with Gasteiger partial charge in [-0.2, -0.15) is 0 Å². The van der Waals surface area contributed by atoms with Crippen molar-refractivity contribution in [2.24, 2.45) is 0 Å². The van der Waals surface area contributed by atoms with Crippen molar-refractivity contribution in [2.75, 3.05) is 20.3 Å². The van der Waals surface area contributed by atoms with Crippen LogP contribution in [0.2, 0.25) is 10.0 Å². The van der Waals surface area contributed by atoms with Crippen LogP contribution < -0.4 is 9.47 Å². The predicted molar refractivity (Wildman–Crippen MR) is 124 cm³/mol. The maximum absolute atomic E-state index is 12.3. The number of para-hydroxylation sites is 1. The van der Waals surface area contributed by atoms with Gasteiger partial charge < -0.3 is 9.47 Å². The largest absolute Gasteiger partial charge is 0.489 e. The van der Waals surface area contributed by atoms with Gasteiger partial charge >= 0.3 is 0 Å². The van der Waals surface area contributed by atoms with Gasteiger partial charge in [0.25, 0.3) is 5.91 Å². The number of aryl methyl sites for hydroxylation is 2. The molecule has 4 nitrogen and oxygen atoms in total. The fourth-order valence-corrected chi connectivity index (χ4v) is 4.57. The monoisotopic (exact) mass is 467 g/mol. The Kier molecular flexibility index (Phi) is 7.11. The smallest absolute Gasteiger partial charge is 0.265 e. The molecule has 0 bridgehead atoms. The van der Waals surface area contributed by atoms with E-state index < -0.39 is 0 Å². The van der Waals surface area contributed by atoms with Gasteiger partial charge in [-0.25, -0.2) is 0 Å². The van der Waals surface area contributed by atoms with Crippen LogP contribution in [0.1, 0.15) is 16.7 Å². The Morgan fingerprint density at radius 1 is 1.10 bits per heavy atom. The van der Waals surface area contributed by atoms with E-state index in [0.29, 0.717) is 37.2 Å². The molecule has 0 spiro atoms. The van der Waals surface area contributed by atoms with Gasteiger partial charge in [-0.1, -0.05) is 65.4 Å². The highest BCUT2D eigenvalue weighted by atomic mass is 35.5. The summed E-state index contributed by atoms with van der Waals surface area (Å²) in [5.41, 5.74) is 2.75. The minimum absolute atomic E-state index is 0.166. The van der Waals surface area contributed by atoms with E-state index in [9.17, 15) is 4.79 Å². The Morgan fingerprint density at radius 3 is 2.31 bits per heavy atom. The number of thioether (sulfide) groups is 1. The molecular formula is C21H19Cl2NO3S2. The van der Waals surface area contributed by atoms with E-state index in [1.165, 1.54) is 16.7 Å². The number of nitrogens with zero attached hydrogens (tertiary/aromatic N) is 1. The zero-order valence-electron chi connectivity index (χ0n) is 16.1. The summed E-state index contributed by atoms with van der Waals surface area (Å²) in [6.07, 6.45) is 1.70. The van der Waals surface area contributed by atoms with Crippen LogP contribution in [-0.4, -0.2) is 35.4 Å². The maximum Gasteiger partial charge on any atom is 0.265 e.